The molecule has 0 fully saturated rings. The molecule has 0 radical (unpaired) electrons. The van der Waals surface area contributed by atoms with Crippen LogP contribution in [0.4, 0.5) is 0 Å². The predicted octanol–water partition coefficient (Wildman–Crippen LogP) is 9.38. The summed E-state index contributed by atoms with van der Waals surface area (Å²) < 4.78 is 0. The van der Waals surface area contributed by atoms with Crippen LogP contribution in [0, 0.1) is 20.8 Å². The van der Waals surface area contributed by atoms with Gasteiger partial charge in [-0.1, -0.05) is 102 Å². The Labute approximate surface area is 193 Å². The van der Waals surface area contributed by atoms with E-state index < -0.39 is 0 Å². The number of benzene rings is 1. The molecule has 2 N–H and O–H groups in total. The topological polar surface area (TPSA) is 40.5 Å². The van der Waals surface area contributed by atoms with E-state index in [9.17, 15) is 10.2 Å². The summed E-state index contributed by atoms with van der Waals surface area (Å²) in [5, 5.41) is 20.7. The van der Waals surface area contributed by atoms with Crippen molar-refractivity contribution in [3.63, 3.8) is 0 Å². The highest BCUT2D eigenvalue weighted by Gasteiger charge is 2.15. The van der Waals surface area contributed by atoms with Crippen LogP contribution in [0.2, 0.25) is 0 Å². The third-order valence-corrected chi connectivity index (χ3v) is 6.95. The van der Waals surface area contributed by atoms with Crippen LogP contribution in [0.5, 0.6) is 11.5 Å². The summed E-state index contributed by atoms with van der Waals surface area (Å²) in [6, 6.07) is 0. The van der Waals surface area contributed by atoms with E-state index in [2.05, 4.69) is 19.9 Å². The van der Waals surface area contributed by atoms with Gasteiger partial charge in [0.05, 0.1) is 0 Å². The zero-order valence-corrected chi connectivity index (χ0v) is 21.3. The van der Waals surface area contributed by atoms with Gasteiger partial charge in [-0.2, -0.15) is 0 Å². The number of aromatic hydroxyl groups is 2. The molecular formula is C29H50O2. The van der Waals surface area contributed by atoms with Crippen LogP contribution in [0.1, 0.15) is 132 Å². The van der Waals surface area contributed by atoms with Gasteiger partial charge in [0.2, 0.25) is 0 Å². The van der Waals surface area contributed by atoms with Crippen molar-refractivity contribution in [2.24, 2.45) is 0 Å². The number of unbranched alkanes of at least 4 members (excludes halogenated alkanes) is 13. The smallest absolute Gasteiger partial charge is 0.122 e. The molecule has 1 aromatic carbocycles. The van der Waals surface area contributed by atoms with Crippen molar-refractivity contribution in [1.82, 2.24) is 0 Å². The van der Waals surface area contributed by atoms with E-state index >= 15 is 0 Å². The molecule has 0 saturated heterocycles. The van der Waals surface area contributed by atoms with Crippen LogP contribution < -0.4 is 0 Å². The Balaban J connectivity index is 2.11. The van der Waals surface area contributed by atoms with Gasteiger partial charge >= 0.3 is 0 Å². The van der Waals surface area contributed by atoms with Crippen molar-refractivity contribution in [1.29, 1.82) is 0 Å². The molecule has 0 atom stereocenters. The second kappa shape index (κ2) is 16.2. The maximum Gasteiger partial charge on any atom is 0.122 e. The summed E-state index contributed by atoms with van der Waals surface area (Å²) in [7, 11) is 0. The van der Waals surface area contributed by atoms with Gasteiger partial charge in [-0.3, -0.25) is 0 Å². The van der Waals surface area contributed by atoms with Gasteiger partial charge in [0.1, 0.15) is 11.5 Å². The Hall–Kier alpha value is -1.44. The third-order valence-electron chi connectivity index (χ3n) is 6.95. The van der Waals surface area contributed by atoms with Gasteiger partial charge in [0.25, 0.3) is 0 Å². The molecule has 0 aliphatic carbocycles. The monoisotopic (exact) mass is 430 g/mol. The lowest BCUT2D eigenvalue weighted by Crippen LogP contribution is -1.96. The molecule has 178 valence electrons. The summed E-state index contributed by atoms with van der Waals surface area (Å²) in [4.78, 5) is 0. The predicted molar refractivity (Wildman–Crippen MR) is 136 cm³/mol. The summed E-state index contributed by atoms with van der Waals surface area (Å²) in [6.45, 7) is 10.1. The lowest BCUT2D eigenvalue weighted by atomic mass is 9.94. The van der Waals surface area contributed by atoms with Crippen molar-refractivity contribution in [2.75, 3.05) is 0 Å². The second-order valence-corrected chi connectivity index (χ2v) is 9.65. The standard InChI is InChI=1S/C29H50O2/c1-6-7-8-9-10-11-12-13-14-15-16-17-18-19-20-23(2)21-22-27-26(5)28(30)24(3)25(4)29(27)31/h21,30-31H,6-20,22H2,1-5H3. The Bertz CT molecular complexity index is 628. The summed E-state index contributed by atoms with van der Waals surface area (Å²) >= 11 is 0. The molecular weight excluding hydrogens is 380 g/mol. The Morgan fingerprint density at radius 2 is 1.03 bits per heavy atom. The van der Waals surface area contributed by atoms with E-state index in [4.69, 9.17) is 0 Å². The molecule has 0 bridgehead atoms. The SMILES string of the molecule is CCCCCCCCCCCCCCCCC(C)=CCc1c(C)c(O)c(C)c(C)c1O. The molecule has 2 nitrogen and oxygen atoms in total. The minimum absolute atomic E-state index is 0.323. The van der Waals surface area contributed by atoms with E-state index in [0.29, 0.717) is 17.9 Å². The molecule has 31 heavy (non-hydrogen) atoms. The molecule has 0 unspecified atom stereocenters. The Kier molecular flexibility index (Phi) is 14.4. The zero-order chi connectivity index (χ0) is 23.1. The van der Waals surface area contributed by atoms with Crippen LogP contribution in [-0.4, -0.2) is 10.2 Å². The minimum Gasteiger partial charge on any atom is -0.507 e. The lowest BCUT2D eigenvalue weighted by Gasteiger charge is -2.15. The normalized spacial score (nSPS) is 12.0. The summed E-state index contributed by atoms with van der Waals surface area (Å²) in [6.07, 6.45) is 23.5. The molecule has 0 saturated carbocycles. The first-order valence-electron chi connectivity index (χ1n) is 13.1. The highest BCUT2D eigenvalue weighted by atomic mass is 16.3. The molecule has 0 aromatic heterocycles. The molecule has 0 aliphatic heterocycles. The number of hydrogen-bond donors (Lipinski definition) is 2. The molecule has 2 heteroatoms. The Morgan fingerprint density at radius 1 is 0.613 bits per heavy atom. The lowest BCUT2D eigenvalue weighted by molar-refractivity contribution is 0.444. The van der Waals surface area contributed by atoms with Gasteiger partial charge < -0.3 is 10.2 Å². The van der Waals surface area contributed by atoms with Crippen molar-refractivity contribution < 1.29 is 10.2 Å². The average Bonchev–Trinajstić information content (AvgIpc) is 2.76. The molecule has 1 rings (SSSR count). The molecule has 1 aromatic rings. The Morgan fingerprint density at radius 3 is 1.52 bits per heavy atom. The first-order chi connectivity index (χ1) is 14.9. The molecule has 0 amide bonds. The van der Waals surface area contributed by atoms with Gasteiger partial charge in [-0.15, -0.1) is 0 Å². The number of phenols is 2. The second-order valence-electron chi connectivity index (χ2n) is 9.65. The van der Waals surface area contributed by atoms with Crippen molar-refractivity contribution in [2.45, 2.75) is 137 Å². The summed E-state index contributed by atoms with van der Waals surface area (Å²) in [5.41, 5.74) is 4.62. The fourth-order valence-corrected chi connectivity index (χ4v) is 4.41. The van der Waals surface area contributed by atoms with Gasteiger partial charge in [0, 0.05) is 5.56 Å². The quantitative estimate of drug-likeness (QED) is 0.147. The van der Waals surface area contributed by atoms with Crippen LogP contribution in [-0.2, 0) is 6.42 Å². The average molecular weight is 431 g/mol. The van der Waals surface area contributed by atoms with E-state index in [0.717, 1.165) is 28.7 Å². The molecule has 0 heterocycles. The van der Waals surface area contributed by atoms with Crippen molar-refractivity contribution in [3.05, 3.63) is 33.9 Å². The summed E-state index contributed by atoms with van der Waals surface area (Å²) in [5.74, 6) is 0.664. The fourth-order valence-electron chi connectivity index (χ4n) is 4.41. The van der Waals surface area contributed by atoms with Crippen molar-refractivity contribution >= 4 is 0 Å². The first-order valence-corrected chi connectivity index (χ1v) is 13.1. The third kappa shape index (κ3) is 10.6. The fraction of sp³-hybridized carbons (Fsp3) is 0.724. The van der Waals surface area contributed by atoms with Crippen LogP contribution in [0.3, 0.4) is 0 Å². The number of allylic oxidation sites excluding steroid dienone is 2. The highest BCUT2D eigenvalue weighted by molar-refractivity contribution is 5.57. The van der Waals surface area contributed by atoms with Crippen LogP contribution in [0.25, 0.3) is 0 Å². The first kappa shape index (κ1) is 27.6. The van der Waals surface area contributed by atoms with Gasteiger partial charge in [-0.25, -0.2) is 0 Å². The number of hydrogen-bond acceptors (Lipinski definition) is 2. The van der Waals surface area contributed by atoms with Crippen molar-refractivity contribution in [3.8, 4) is 11.5 Å². The number of phenolic OH excluding ortho intramolecular Hbond substituents is 2. The van der Waals surface area contributed by atoms with E-state index in [1.807, 2.05) is 20.8 Å². The van der Waals surface area contributed by atoms with E-state index in [1.165, 1.54) is 95.5 Å². The van der Waals surface area contributed by atoms with Crippen LogP contribution in [0.15, 0.2) is 11.6 Å². The van der Waals surface area contributed by atoms with E-state index in [-0.39, 0.29) is 0 Å². The molecule has 0 aliphatic rings. The zero-order valence-electron chi connectivity index (χ0n) is 21.3. The number of rotatable bonds is 17. The van der Waals surface area contributed by atoms with Gasteiger partial charge in [0.15, 0.2) is 0 Å². The molecule has 0 spiro atoms. The highest BCUT2D eigenvalue weighted by Crippen LogP contribution is 2.36. The maximum atomic E-state index is 10.5. The maximum absolute atomic E-state index is 10.5. The largest absolute Gasteiger partial charge is 0.507 e. The van der Waals surface area contributed by atoms with Crippen LogP contribution >= 0.6 is 0 Å². The minimum atomic E-state index is 0.323. The van der Waals surface area contributed by atoms with E-state index in [1.54, 1.807) is 0 Å². The van der Waals surface area contributed by atoms with Gasteiger partial charge in [-0.05, 0) is 63.6 Å².